The van der Waals surface area contributed by atoms with Gasteiger partial charge in [0.15, 0.2) is 5.11 Å². The minimum Gasteiger partial charge on any atom is -0.366 e. The number of nitrogens with zero attached hydrogens (tertiary/aromatic N) is 1. The molecule has 0 aliphatic heterocycles. The number of para-hydroxylation sites is 1. The van der Waals surface area contributed by atoms with Gasteiger partial charge >= 0.3 is 0 Å². The molecule has 0 saturated heterocycles. The molecule has 21 heavy (non-hydrogen) atoms. The quantitative estimate of drug-likeness (QED) is 0.721. The molecule has 2 N–H and O–H groups in total. The summed E-state index contributed by atoms with van der Waals surface area (Å²) in [7, 11) is 1.80. The van der Waals surface area contributed by atoms with E-state index >= 15 is 0 Å². The zero-order chi connectivity index (χ0) is 14.7. The maximum atomic E-state index is 5.08. The minimum atomic E-state index is 0.619. The Morgan fingerprint density at radius 2 is 1.90 bits per heavy atom. The number of rotatable bonds is 3. The van der Waals surface area contributed by atoms with Gasteiger partial charge < -0.3 is 10.6 Å². The monoisotopic (exact) mass is 313 g/mol. The van der Waals surface area contributed by atoms with Crippen LogP contribution in [0.2, 0.25) is 0 Å². The molecular weight excluding hydrogens is 298 g/mol. The summed E-state index contributed by atoms with van der Waals surface area (Å²) in [5.74, 6) is 0. The fourth-order valence-electron chi connectivity index (χ4n) is 2.07. The third kappa shape index (κ3) is 3.37. The molecule has 0 atom stereocenters. The van der Waals surface area contributed by atoms with Crippen molar-refractivity contribution in [2.24, 2.45) is 0 Å². The van der Waals surface area contributed by atoms with Crippen LogP contribution in [0.25, 0.3) is 10.2 Å². The first-order valence-electron chi connectivity index (χ1n) is 6.67. The van der Waals surface area contributed by atoms with Gasteiger partial charge in [-0.3, -0.25) is 0 Å². The number of fused-ring (bicyclic) bond motifs is 1. The average molecular weight is 313 g/mol. The van der Waals surface area contributed by atoms with E-state index in [0.717, 1.165) is 22.6 Å². The molecule has 0 aliphatic carbocycles. The van der Waals surface area contributed by atoms with Gasteiger partial charge in [-0.1, -0.05) is 24.3 Å². The van der Waals surface area contributed by atoms with Crippen LogP contribution in [0.3, 0.4) is 0 Å². The van der Waals surface area contributed by atoms with E-state index < -0.39 is 0 Å². The fourth-order valence-corrected chi connectivity index (χ4v) is 3.19. The molecule has 0 fully saturated rings. The summed E-state index contributed by atoms with van der Waals surface area (Å²) < 4.78 is 1.24. The van der Waals surface area contributed by atoms with Gasteiger partial charge in [0, 0.05) is 19.2 Å². The molecule has 1 aromatic heterocycles. The Balaban J connectivity index is 1.74. The van der Waals surface area contributed by atoms with Gasteiger partial charge in [-0.05, 0) is 42.0 Å². The van der Waals surface area contributed by atoms with Crippen molar-refractivity contribution < 1.29 is 0 Å². The van der Waals surface area contributed by atoms with Crippen molar-refractivity contribution in [1.82, 2.24) is 10.3 Å². The number of hydrogen-bond acceptors (Lipinski definition) is 3. The van der Waals surface area contributed by atoms with Gasteiger partial charge in [-0.2, -0.15) is 0 Å². The zero-order valence-corrected chi connectivity index (χ0v) is 13.2. The first kappa shape index (κ1) is 14.0. The second kappa shape index (κ2) is 6.20. The van der Waals surface area contributed by atoms with Crippen LogP contribution >= 0.6 is 23.6 Å². The summed E-state index contributed by atoms with van der Waals surface area (Å²) in [6.45, 7) is 0. The molecule has 106 valence electrons. The molecule has 0 saturated carbocycles. The van der Waals surface area contributed by atoms with E-state index in [1.807, 2.05) is 18.2 Å². The summed E-state index contributed by atoms with van der Waals surface area (Å²) in [5.41, 5.74) is 3.31. The first-order valence-corrected chi connectivity index (χ1v) is 7.89. The van der Waals surface area contributed by atoms with Gasteiger partial charge in [-0.15, -0.1) is 11.3 Å². The molecule has 3 rings (SSSR count). The van der Waals surface area contributed by atoms with Gasteiger partial charge in [0.1, 0.15) is 0 Å². The summed E-state index contributed by atoms with van der Waals surface area (Å²) in [6.07, 6.45) is 0.857. The van der Waals surface area contributed by atoms with Crippen LogP contribution in [0.15, 0.2) is 48.5 Å². The maximum absolute atomic E-state index is 5.08. The van der Waals surface area contributed by atoms with Crippen molar-refractivity contribution in [2.75, 3.05) is 12.4 Å². The number of benzene rings is 2. The smallest absolute Gasteiger partial charge is 0.170 e. The van der Waals surface area contributed by atoms with Crippen LogP contribution in [0.4, 0.5) is 5.69 Å². The molecule has 3 aromatic rings. The van der Waals surface area contributed by atoms with E-state index in [1.165, 1.54) is 10.3 Å². The fraction of sp³-hybridized carbons (Fsp3) is 0.125. The second-order valence-electron chi connectivity index (χ2n) is 4.65. The SMILES string of the molecule is CNC(=S)Nc1ccc(Cc2nc3ccccc3s2)cc1. The molecule has 0 spiro atoms. The van der Waals surface area contributed by atoms with Crippen LogP contribution in [-0.4, -0.2) is 17.1 Å². The van der Waals surface area contributed by atoms with Crippen molar-refractivity contribution in [3.8, 4) is 0 Å². The minimum absolute atomic E-state index is 0.619. The Morgan fingerprint density at radius 1 is 1.14 bits per heavy atom. The molecule has 0 amide bonds. The van der Waals surface area contributed by atoms with Crippen LogP contribution < -0.4 is 10.6 Å². The predicted octanol–water partition coefficient (Wildman–Crippen LogP) is 3.80. The lowest BCUT2D eigenvalue weighted by atomic mass is 10.1. The first-order chi connectivity index (χ1) is 10.2. The van der Waals surface area contributed by atoms with Crippen molar-refractivity contribution >= 4 is 44.6 Å². The molecule has 0 unspecified atom stereocenters. The lowest BCUT2D eigenvalue weighted by Crippen LogP contribution is -2.23. The summed E-state index contributed by atoms with van der Waals surface area (Å²) in [4.78, 5) is 4.66. The Morgan fingerprint density at radius 3 is 2.62 bits per heavy atom. The highest BCUT2D eigenvalue weighted by atomic mass is 32.1. The van der Waals surface area contributed by atoms with Crippen LogP contribution in [0, 0.1) is 0 Å². The van der Waals surface area contributed by atoms with Gasteiger partial charge in [0.05, 0.1) is 15.2 Å². The number of thiazole rings is 1. The van der Waals surface area contributed by atoms with E-state index in [1.54, 1.807) is 18.4 Å². The largest absolute Gasteiger partial charge is 0.366 e. The van der Waals surface area contributed by atoms with Crippen molar-refractivity contribution in [2.45, 2.75) is 6.42 Å². The third-order valence-electron chi connectivity index (χ3n) is 3.13. The molecule has 0 radical (unpaired) electrons. The van der Waals surface area contributed by atoms with Crippen molar-refractivity contribution in [1.29, 1.82) is 0 Å². The second-order valence-corrected chi connectivity index (χ2v) is 6.18. The Hall–Kier alpha value is -1.98. The molecule has 0 bridgehead atoms. The van der Waals surface area contributed by atoms with E-state index in [-0.39, 0.29) is 0 Å². The summed E-state index contributed by atoms with van der Waals surface area (Å²) in [6, 6.07) is 16.5. The van der Waals surface area contributed by atoms with Crippen molar-refractivity contribution in [3.05, 3.63) is 59.1 Å². The predicted molar refractivity (Wildman–Crippen MR) is 94.1 cm³/mol. The summed E-state index contributed by atoms with van der Waals surface area (Å²) in [5, 5.41) is 7.77. The van der Waals surface area contributed by atoms with Gasteiger partial charge in [0.25, 0.3) is 0 Å². The normalized spacial score (nSPS) is 10.5. The van der Waals surface area contributed by atoms with E-state index in [9.17, 15) is 0 Å². The summed E-state index contributed by atoms with van der Waals surface area (Å²) >= 11 is 6.83. The molecule has 3 nitrogen and oxygen atoms in total. The van der Waals surface area contributed by atoms with E-state index in [2.05, 4.69) is 45.9 Å². The average Bonchev–Trinajstić information content (AvgIpc) is 2.91. The number of aromatic nitrogens is 1. The highest BCUT2D eigenvalue weighted by molar-refractivity contribution is 7.80. The van der Waals surface area contributed by atoms with Crippen LogP contribution in [-0.2, 0) is 6.42 Å². The van der Waals surface area contributed by atoms with E-state index in [0.29, 0.717) is 5.11 Å². The molecule has 1 heterocycles. The Kier molecular flexibility index (Phi) is 4.13. The third-order valence-corrected chi connectivity index (χ3v) is 4.47. The standard InChI is InChI=1S/C16H15N3S2/c1-17-16(20)18-12-8-6-11(7-9-12)10-15-19-13-4-2-3-5-14(13)21-15/h2-9H,10H2,1H3,(H2,17,18,20). The number of anilines is 1. The Bertz CT molecular complexity index is 730. The lowest BCUT2D eigenvalue weighted by molar-refractivity contribution is 1.15. The Labute approximate surface area is 133 Å². The molecule has 5 heteroatoms. The maximum Gasteiger partial charge on any atom is 0.170 e. The van der Waals surface area contributed by atoms with Crippen LogP contribution in [0.5, 0.6) is 0 Å². The molecule has 2 aromatic carbocycles. The van der Waals surface area contributed by atoms with Gasteiger partial charge in [-0.25, -0.2) is 4.98 Å². The lowest BCUT2D eigenvalue weighted by Gasteiger charge is -2.07. The topological polar surface area (TPSA) is 37.0 Å². The highest BCUT2D eigenvalue weighted by Crippen LogP contribution is 2.24. The van der Waals surface area contributed by atoms with Crippen LogP contribution in [0.1, 0.15) is 10.6 Å². The number of nitrogens with one attached hydrogen (secondary N) is 2. The number of thiocarbonyl (C=S) groups is 1. The molecular formula is C16H15N3S2. The van der Waals surface area contributed by atoms with E-state index in [4.69, 9.17) is 12.2 Å². The number of hydrogen-bond donors (Lipinski definition) is 2. The highest BCUT2D eigenvalue weighted by Gasteiger charge is 2.04. The van der Waals surface area contributed by atoms with Crippen molar-refractivity contribution in [3.63, 3.8) is 0 Å². The zero-order valence-electron chi connectivity index (χ0n) is 11.6. The van der Waals surface area contributed by atoms with Gasteiger partial charge in [0.2, 0.25) is 0 Å². The molecule has 0 aliphatic rings.